The largest absolute Gasteiger partial charge is 0.355 e. The van der Waals surface area contributed by atoms with Gasteiger partial charge in [-0.25, -0.2) is 4.98 Å². The number of carbonyl (C=O) groups excluding carboxylic acids is 1. The average molecular weight is 208 g/mol. The lowest BCUT2D eigenvalue weighted by atomic mass is 10.3. The number of pyridine rings is 1. The molecule has 1 aliphatic rings. The summed E-state index contributed by atoms with van der Waals surface area (Å²) in [5, 5.41) is 0. The third-order valence-corrected chi connectivity index (χ3v) is 3.18. The van der Waals surface area contributed by atoms with Crippen molar-refractivity contribution in [3.8, 4) is 0 Å². The number of rotatable bonds is 2. The Kier molecular flexibility index (Phi) is 3.03. The SMILES string of the molecule is O=Cc1ccnc(N2CCSCC2)c1. The minimum absolute atomic E-state index is 0.702. The third kappa shape index (κ3) is 2.07. The third-order valence-electron chi connectivity index (χ3n) is 2.24. The molecule has 3 nitrogen and oxygen atoms in total. The maximum absolute atomic E-state index is 10.6. The van der Waals surface area contributed by atoms with E-state index >= 15 is 0 Å². The monoisotopic (exact) mass is 208 g/mol. The number of carbonyl (C=O) groups is 1. The lowest BCUT2D eigenvalue weighted by molar-refractivity contribution is 0.112. The molecule has 0 atom stereocenters. The standard InChI is InChI=1S/C10H12N2OS/c13-8-9-1-2-11-10(7-9)12-3-5-14-6-4-12/h1-2,7-8H,3-6H2. The predicted molar refractivity (Wildman–Crippen MR) is 59.2 cm³/mol. The highest BCUT2D eigenvalue weighted by Crippen LogP contribution is 2.17. The van der Waals surface area contributed by atoms with Gasteiger partial charge in [-0.15, -0.1) is 0 Å². The van der Waals surface area contributed by atoms with E-state index in [0.29, 0.717) is 5.56 Å². The summed E-state index contributed by atoms with van der Waals surface area (Å²) in [5.41, 5.74) is 0.702. The van der Waals surface area contributed by atoms with E-state index in [-0.39, 0.29) is 0 Å². The average Bonchev–Trinajstić information content (AvgIpc) is 2.30. The van der Waals surface area contributed by atoms with Crippen LogP contribution in [0.15, 0.2) is 18.3 Å². The summed E-state index contributed by atoms with van der Waals surface area (Å²) in [6.07, 6.45) is 2.56. The van der Waals surface area contributed by atoms with Crippen LogP contribution in [0.3, 0.4) is 0 Å². The van der Waals surface area contributed by atoms with E-state index < -0.39 is 0 Å². The smallest absolute Gasteiger partial charge is 0.150 e. The number of nitrogens with zero attached hydrogens (tertiary/aromatic N) is 2. The van der Waals surface area contributed by atoms with Crippen LogP contribution in [0.25, 0.3) is 0 Å². The van der Waals surface area contributed by atoms with Gasteiger partial charge in [0.05, 0.1) is 0 Å². The van der Waals surface area contributed by atoms with Gasteiger partial charge in [0, 0.05) is 36.4 Å². The van der Waals surface area contributed by atoms with Crippen molar-refractivity contribution in [1.82, 2.24) is 4.98 Å². The van der Waals surface area contributed by atoms with Crippen LogP contribution < -0.4 is 4.90 Å². The van der Waals surface area contributed by atoms with Crippen molar-refractivity contribution >= 4 is 23.9 Å². The Labute approximate surface area is 87.5 Å². The minimum atomic E-state index is 0.702. The molecule has 1 aromatic rings. The van der Waals surface area contributed by atoms with Crippen LogP contribution in [-0.4, -0.2) is 35.9 Å². The molecule has 1 aromatic heterocycles. The number of aldehydes is 1. The number of anilines is 1. The van der Waals surface area contributed by atoms with Crippen LogP contribution in [0.4, 0.5) is 5.82 Å². The maximum atomic E-state index is 10.6. The van der Waals surface area contributed by atoms with Crippen LogP contribution in [-0.2, 0) is 0 Å². The normalized spacial score (nSPS) is 16.7. The summed E-state index contributed by atoms with van der Waals surface area (Å²) in [4.78, 5) is 17.1. The zero-order chi connectivity index (χ0) is 9.80. The molecule has 14 heavy (non-hydrogen) atoms. The summed E-state index contributed by atoms with van der Waals surface area (Å²) < 4.78 is 0. The number of aromatic nitrogens is 1. The highest BCUT2D eigenvalue weighted by atomic mass is 32.2. The molecule has 1 aliphatic heterocycles. The van der Waals surface area contributed by atoms with Crippen LogP contribution in [0.5, 0.6) is 0 Å². The van der Waals surface area contributed by atoms with E-state index in [1.807, 2.05) is 17.8 Å². The summed E-state index contributed by atoms with van der Waals surface area (Å²) in [6, 6.07) is 3.58. The molecule has 0 unspecified atom stereocenters. The molecular weight excluding hydrogens is 196 g/mol. The highest BCUT2D eigenvalue weighted by Gasteiger charge is 2.11. The van der Waals surface area contributed by atoms with Crippen molar-refractivity contribution in [3.05, 3.63) is 23.9 Å². The first kappa shape index (κ1) is 9.52. The molecule has 0 saturated carbocycles. The van der Waals surface area contributed by atoms with Gasteiger partial charge in [-0.3, -0.25) is 4.79 Å². The number of thioether (sulfide) groups is 1. The fourth-order valence-electron chi connectivity index (χ4n) is 1.47. The molecule has 0 N–H and O–H groups in total. The molecule has 2 rings (SSSR count). The van der Waals surface area contributed by atoms with Crippen LogP contribution >= 0.6 is 11.8 Å². The molecule has 0 bridgehead atoms. The Morgan fingerprint density at radius 1 is 1.43 bits per heavy atom. The Morgan fingerprint density at radius 3 is 2.93 bits per heavy atom. The Morgan fingerprint density at radius 2 is 2.21 bits per heavy atom. The van der Waals surface area contributed by atoms with E-state index in [1.54, 1.807) is 12.3 Å². The Hall–Kier alpha value is -1.03. The van der Waals surface area contributed by atoms with Gasteiger partial charge in [0.25, 0.3) is 0 Å². The first-order chi connectivity index (χ1) is 6.90. The second-order valence-corrected chi connectivity index (χ2v) is 4.39. The predicted octanol–water partition coefficient (Wildman–Crippen LogP) is 1.45. The van der Waals surface area contributed by atoms with Gasteiger partial charge in [0.15, 0.2) is 0 Å². The van der Waals surface area contributed by atoms with Crippen molar-refractivity contribution in [3.63, 3.8) is 0 Å². The number of hydrogen-bond donors (Lipinski definition) is 0. The van der Waals surface area contributed by atoms with Crippen LogP contribution in [0.1, 0.15) is 10.4 Å². The van der Waals surface area contributed by atoms with E-state index in [1.165, 1.54) is 0 Å². The van der Waals surface area contributed by atoms with Gasteiger partial charge in [-0.2, -0.15) is 11.8 Å². The van der Waals surface area contributed by atoms with E-state index in [0.717, 1.165) is 36.7 Å². The van der Waals surface area contributed by atoms with Gasteiger partial charge < -0.3 is 4.90 Å². The Balaban J connectivity index is 2.17. The van der Waals surface area contributed by atoms with Gasteiger partial charge in [0.2, 0.25) is 0 Å². The lowest BCUT2D eigenvalue weighted by Crippen LogP contribution is -2.33. The van der Waals surface area contributed by atoms with Crippen molar-refractivity contribution in [2.45, 2.75) is 0 Å². The van der Waals surface area contributed by atoms with Gasteiger partial charge in [0.1, 0.15) is 12.1 Å². The molecular formula is C10H12N2OS. The first-order valence-corrected chi connectivity index (χ1v) is 5.79. The van der Waals surface area contributed by atoms with Crippen molar-refractivity contribution in [2.75, 3.05) is 29.5 Å². The topological polar surface area (TPSA) is 33.2 Å². The molecule has 1 saturated heterocycles. The maximum Gasteiger partial charge on any atom is 0.150 e. The van der Waals surface area contributed by atoms with Crippen molar-refractivity contribution in [2.24, 2.45) is 0 Å². The molecule has 0 aromatic carbocycles. The van der Waals surface area contributed by atoms with Crippen LogP contribution in [0.2, 0.25) is 0 Å². The quantitative estimate of drug-likeness (QED) is 0.689. The van der Waals surface area contributed by atoms with Gasteiger partial charge >= 0.3 is 0 Å². The lowest BCUT2D eigenvalue weighted by Gasteiger charge is -2.27. The molecule has 2 heterocycles. The zero-order valence-electron chi connectivity index (χ0n) is 7.85. The number of hydrogen-bond acceptors (Lipinski definition) is 4. The molecule has 0 aliphatic carbocycles. The van der Waals surface area contributed by atoms with Gasteiger partial charge in [-0.05, 0) is 12.1 Å². The first-order valence-electron chi connectivity index (χ1n) is 4.64. The summed E-state index contributed by atoms with van der Waals surface area (Å²) in [5.74, 6) is 3.22. The van der Waals surface area contributed by atoms with Crippen LogP contribution in [0, 0.1) is 0 Å². The summed E-state index contributed by atoms with van der Waals surface area (Å²) in [7, 11) is 0. The fourth-order valence-corrected chi connectivity index (χ4v) is 2.38. The second kappa shape index (κ2) is 4.46. The zero-order valence-corrected chi connectivity index (χ0v) is 8.67. The van der Waals surface area contributed by atoms with E-state index in [2.05, 4.69) is 9.88 Å². The highest BCUT2D eigenvalue weighted by molar-refractivity contribution is 7.99. The van der Waals surface area contributed by atoms with Crippen molar-refractivity contribution < 1.29 is 4.79 Å². The molecule has 0 amide bonds. The fraction of sp³-hybridized carbons (Fsp3) is 0.400. The summed E-state index contributed by atoms with van der Waals surface area (Å²) >= 11 is 1.96. The summed E-state index contributed by atoms with van der Waals surface area (Å²) in [6.45, 7) is 2.06. The molecule has 0 radical (unpaired) electrons. The van der Waals surface area contributed by atoms with Gasteiger partial charge in [-0.1, -0.05) is 0 Å². The molecule has 74 valence electrons. The minimum Gasteiger partial charge on any atom is -0.355 e. The van der Waals surface area contributed by atoms with E-state index in [9.17, 15) is 4.79 Å². The molecule has 1 fully saturated rings. The van der Waals surface area contributed by atoms with Crippen molar-refractivity contribution in [1.29, 1.82) is 0 Å². The molecule has 0 spiro atoms. The van der Waals surface area contributed by atoms with E-state index in [4.69, 9.17) is 0 Å². The second-order valence-electron chi connectivity index (χ2n) is 3.16. The Bertz CT molecular complexity index is 324. The molecule has 4 heteroatoms.